The second-order valence-electron chi connectivity index (χ2n) is 5.26. The molecule has 2 aromatic carbocycles. The zero-order valence-electron chi connectivity index (χ0n) is 13.0. The van der Waals surface area contributed by atoms with Crippen LogP contribution in [0.1, 0.15) is 25.3 Å². The predicted octanol–water partition coefficient (Wildman–Crippen LogP) is 3.01. The lowest BCUT2D eigenvalue weighted by molar-refractivity contribution is -0.121. The first-order valence-corrected chi connectivity index (χ1v) is 7.18. The Kier molecular flexibility index (Phi) is 7.15. The van der Waals surface area contributed by atoms with Gasteiger partial charge >= 0.3 is 0 Å². The second kappa shape index (κ2) is 8.61. The van der Waals surface area contributed by atoms with Gasteiger partial charge in [0.15, 0.2) is 0 Å². The number of fused-ring (bicyclic) bond motifs is 1. The molecule has 2 aromatic rings. The fraction of sp³-hybridized carbons (Fsp3) is 0.353. The van der Waals surface area contributed by atoms with Crippen molar-refractivity contribution in [3.8, 4) is 5.75 Å². The van der Waals surface area contributed by atoms with Crippen molar-refractivity contribution in [1.82, 2.24) is 5.32 Å². The Hall–Kier alpha value is -1.78. The standard InChI is InChI=1S/C17H22N2O2.ClH/c1-12(18)7-10-17(20)19-11-15-14-6-4-3-5-13(14)8-9-16(15)21-2;/h3-6,8-9,12H,7,10-11,18H2,1-2H3,(H,19,20);1H. The SMILES string of the molecule is COc1ccc2ccccc2c1CNC(=O)CCC(C)N.Cl. The Bertz CT molecular complexity index is 629. The summed E-state index contributed by atoms with van der Waals surface area (Å²) in [4.78, 5) is 11.8. The average molecular weight is 323 g/mol. The molecule has 1 amide bonds. The minimum atomic E-state index is 0. The Morgan fingerprint density at radius 3 is 2.68 bits per heavy atom. The summed E-state index contributed by atoms with van der Waals surface area (Å²) in [6.07, 6.45) is 1.14. The number of benzene rings is 2. The van der Waals surface area contributed by atoms with Gasteiger partial charge in [-0.05, 0) is 30.2 Å². The van der Waals surface area contributed by atoms with Crippen LogP contribution in [0.25, 0.3) is 10.8 Å². The smallest absolute Gasteiger partial charge is 0.220 e. The maximum absolute atomic E-state index is 11.8. The summed E-state index contributed by atoms with van der Waals surface area (Å²) in [5, 5.41) is 5.19. The van der Waals surface area contributed by atoms with Crippen LogP contribution in [-0.2, 0) is 11.3 Å². The molecule has 0 heterocycles. The molecule has 1 unspecified atom stereocenters. The van der Waals surface area contributed by atoms with E-state index in [-0.39, 0.29) is 24.4 Å². The van der Waals surface area contributed by atoms with Gasteiger partial charge in [-0.15, -0.1) is 12.4 Å². The van der Waals surface area contributed by atoms with Gasteiger partial charge in [0.2, 0.25) is 5.91 Å². The van der Waals surface area contributed by atoms with Crippen molar-refractivity contribution in [2.45, 2.75) is 32.4 Å². The highest BCUT2D eigenvalue weighted by Crippen LogP contribution is 2.27. The van der Waals surface area contributed by atoms with E-state index in [1.165, 1.54) is 0 Å². The number of hydrogen-bond donors (Lipinski definition) is 2. The summed E-state index contributed by atoms with van der Waals surface area (Å²) in [5.74, 6) is 0.809. The van der Waals surface area contributed by atoms with Crippen molar-refractivity contribution in [3.63, 3.8) is 0 Å². The Morgan fingerprint density at radius 2 is 2.00 bits per heavy atom. The molecule has 4 nitrogen and oxygen atoms in total. The lowest BCUT2D eigenvalue weighted by Gasteiger charge is -2.13. The van der Waals surface area contributed by atoms with Gasteiger partial charge < -0.3 is 15.8 Å². The zero-order valence-corrected chi connectivity index (χ0v) is 13.8. The van der Waals surface area contributed by atoms with Crippen LogP contribution in [0, 0.1) is 0 Å². The summed E-state index contributed by atoms with van der Waals surface area (Å²) < 4.78 is 5.41. The molecule has 0 aliphatic heterocycles. The molecule has 0 aromatic heterocycles. The molecule has 2 rings (SSSR count). The van der Waals surface area contributed by atoms with E-state index in [9.17, 15) is 4.79 Å². The third-order valence-electron chi connectivity index (χ3n) is 3.51. The van der Waals surface area contributed by atoms with Crippen LogP contribution in [-0.4, -0.2) is 19.1 Å². The number of methoxy groups -OCH3 is 1. The van der Waals surface area contributed by atoms with E-state index in [2.05, 4.69) is 11.4 Å². The van der Waals surface area contributed by atoms with E-state index in [0.29, 0.717) is 19.4 Å². The fourth-order valence-electron chi connectivity index (χ4n) is 2.32. The summed E-state index contributed by atoms with van der Waals surface area (Å²) in [5.41, 5.74) is 6.67. The van der Waals surface area contributed by atoms with Gasteiger partial charge in [0.05, 0.1) is 7.11 Å². The van der Waals surface area contributed by atoms with E-state index >= 15 is 0 Å². The topological polar surface area (TPSA) is 64.3 Å². The molecule has 0 fully saturated rings. The predicted molar refractivity (Wildman–Crippen MR) is 92.5 cm³/mol. The molecule has 0 radical (unpaired) electrons. The van der Waals surface area contributed by atoms with Gasteiger partial charge in [0.1, 0.15) is 5.75 Å². The van der Waals surface area contributed by atoms with Crippen molar-refractivity contribution in [1.29, 1.82) is 0 Å². The van der Waals surface area contributed by atoms with Crippen LogP contribution in [0.3, 0.4) is 0 Å². The van der Waals surface area contributed by atoms with E-state index in [1.54, 1.807) is 7.11 Å². The van der Waals surface area contributed by atoms with Crippen LogP contribution >= 0.6 is 12.4 Å². The molecule has 120 valence electrons. The summed E-state index contributed by atoms with van der Waals surface area (Å²) in [6, 6.07) is 12.1. The number of nitrogens with two attached hydrogens (primary N) is 1. The van der Waals surface area contributed by atoms with Gasteiger partial charge in [-0.25, -0.2) is 0 Å². The van der Waals surface area contributed by atoms with Gasteiger partial charge in [0.25, 0.3) is 0 Å². The number of ether oxygens (including phenoxy) is 1. The van der Waals surface area contributed by atoms with Gasteiger partial charge in [-0.1, -0.05) is 30.3 Å². The highest BCUT2D eigenvalue weighted by Gasteiger charge is 2.10. The fourth-order valence-corrected chi connectivity index (χ4v) is 2.32. The van der Waals surface area contributed by atoms with Crippen LogP contribution in [0.15, 0.2) is 36.4 Å². The highest BCUT2D eigenvalue weighted by atomic mass is 35.5. The van der Waals surface area contributed by atoms with Crippen molar-refractivity contribution in [2.75, 3.05) is 7.11 Å². The van der Waals surface area contributed by atoms with Crippen molar-refractivity contribution >= 4 is 29.1 Å². The minimum absolute atomic E-state index is 0. The molecule has 5 heteroatoms. The van der Waals surface area contributed by atoms with Crippen LogP contribution in [0.5, 0.6) is 5.75 Å². The lowest BCUT2D eigenvalue weighted by atomic mass is 10.0. The average Bonchev–Trinajstić information content (AvgIpc) is 2.50. The third-order valence-corrected chi connectivity index (χ3v) is 3.51. The number of hydrogen-bond acceptors (Lipinski definition) is 3. The van der Waals surface area contributed by atoms with Gasteiger partial charge in [-0.2, -0.15) is 0 Å². The molecule has 0 saturated heterocycles. The Balaban J connectivity index is 0.00000242. The Morgan fingerprint density at radius 1 is 1.27 bits per heavy atom. The molecule has 0 saturated carbocycles. The molecule has 0 aliphatic rings. The maximum atomic E-state index is 11.8. The van der Waals surface area contributed by atoms with Gasteiger partial charge in [-0.3, -0.25) is 4.79 Å². The van der Waals surface area contributed by atoms with Crippen molar-refractivity contribution in [3.05, 3.63) is 42.0 Å². The van der Waals surface area contributed by atoms with Crippen LogP contribution in [0.4, 0.5) is 0 Å². The van der Waals surface area contributed by atoms with Crippen molar-refractivity contribution < 1.29 is 9.53 Å². The van der Waals surface area contributed by atoms with Gasteiger partial charge in [0, 0.05) is 24.6 Å². The maximum Gasteiger partial charge on any atom is 0.220 e. The zero-order chi connectivity index (χ0) is 15.2. The summed E-state index contributed by atoms with van der Waals surface area (Å²) in [7, 11) is 1.64. The normalized spacial score (nSPS) is 11.6. The summed E-state index contributed by atoms with van der Waals surface area (Å²) in [6.45, 7) is 2.36. The van der Waals surface area contributed by atoms with E-state index < -0.39 is 0 Å². The number of carbonyl (C=O) groups excluding carboxylic acids is 1. The Labute approximate surface area is 137 Å². The summed E-state index contributed by atoms with van der Waals surface area (Å²) >= 11 is 0. The number of nitrogens with one attached hydrogen (secondary N) is 1. The molecule has 0 bridgehead atoms. The largest absolute Gasteiger partial charge is 0.496 e. The molecule has 22 heavy (non-hydrogen) atoms. The first-order chi connectivity index (χ1) is 10.1. The number of amides is 1. The van der Waals surface area contributed by atoms with E-state index in [0.717, 1.165) is 22.1 Å². The van der Waals surface area contributed by atoms with E-state index in [1.807, 2.05) is 37.3 Å². The monoisotopic (exact) mass is 322 g/mol. The minimum Gasteiger partial charge on any atom is -0.496 e. The van der Waals surface area contributed by atoms with E-state index in [4.69, 9.17) is 10.5 Å². The second-order valence-corrected chi connectivity index (χ2v) is 5.26. The molecule has 3 N–H and O–H groups in total. The molecule has 1 atom stereocenters. The number of rotatable bonds is 6. The van der Waals surface area contributed by atoms with Crippen LogP contribution < -0.4 is 15.8 Å². The quantitative estimate of drug-likeness (QED) is 0.859. The molecular formula is C17H23ClN2O2. The third kappa shape index (κ3) is 4.61. The number of halogens is 1. The first kappa shape index (κ1) is 18.3. The van der Waals surface area contributed by atoms with Crippen molar-refractivity contribution in [2.24, 2.45) is 5.73 Å². The number of carbonyl (C=O) groups is 1. The van der Waals surface area contributed by atoms with Crippen LogP contribution in [0.2, 0.25) is 0 Å². The molecule has 0 aliphatic carbocycles. The first-order valence-electron chi connectivity index (χ1n) is 7.18. The molecular weight excluding hydrogens is 300 g/mol. The molecule has 0 spiro atoms. The lowest BCUT2D eigenvalue weighted by Crippen LogP contribution is -2.25. The highest BCUT2D eigenvalue weighted by molar-refractivity contribution is 5.88.